The van der Waals surface area contributed by atoms with Crippen LogP contribution in [0.5, 0.6) is 11.6 Å². The van der Waals surface area contributed by atoms with Crippen molar-refractivity contribution in [3.63, 3.8) is 0 Å². The molecule has 0 saturated carbocycles. The molecule has 3 aromatic heterocycles. The van der Waals surface area contributed by atoms with Crippen LogP contribution < -0.4 is 20.9 Å². The number of halogens is 1. The molecule has 3 aromatic carbocycles. The Bertz CT molecular complexity index is 2040. The number of hydrogen-bond donors (Lipinski definition) is 3. The van der Waals surface area contributed by atoms with Crippen LogP contribution in [0.1, 0.15) is 17.3 Å². The molecule has 0 aliphatic carbocycles. The van der Waals surface area contributed by atoms with Gasteiger partial charge in [-0.1, -0.05) is 12.1 Å². The molecule has 6 rings (SSSR count). The van der Waals surface area contributed by atoms with Gasteiger partial charge in [-0.25, -0.2) is 14.4 Å². The van der Waals surface area contributed by atoms with E-state index in [2.05, 4.69) is 30.8 Å². The molecule has 0 atom stereocenters. The summed E-state index contributed by atoms with van der Waals surface area (Å²) >= 11 is 0. The van der Waals surface area contributed by atoms with Gasteiger partial charge in [0.2, 0.25) is 11.8 Å². The standard InChI is InChI=1S/C31H22FN7O4/c1-18(40)35-22-5-2-4-19(16-22)27-26-28(38-37-27)33-17-34-30(26)43-24-13-9-21(10-14-24)36-29(41)25-6-3-15-39(31(25)42)23-11-7-20(32)8-12-23/h2-17H,1H3,(H,35,40)(H,36,41)(H,33,34,37,38). The van der Waals surface area contributed by atoms with E-state index in [4.69, 9.17) is 4.74 Å². The van der Waals surface area contributed by atoms with Gasteiger partial charge in [0.1, 0.15) is 34.5 Å². The fraction of sp³-hybridized carbons (Fsp3) is 0.0323. The van der Waals surface area contributed by atoms with E-state index in [1.165, 1.54) is 54.3 Å². The first-order chi connectivity index (χ1) is 20.9. The summed E-state index contributed by atoms with van der Waals surface area (Å²) in [6.45, 7) is 1.43. The second-order valence-electron chi connectivity index (χ2n) is 9.39. The lowest BCUT2D eigenvalue weighted by molar-refractivity contribution is -0.114. The van der Waals surface area contributed by atoms with Crippen LogP contribution in [0, 0.1) is 5.82 Å². The van der Waals surface area contributed by atoms with E-state index in [0.29, 0.717) is 39.5 Å². The third-order valence-corrected chi connectivity index (χ3v) is 6.40. The Labute approximate surface area is 243 Å². The van der Waals surface area contributed by atoms with Crippen LogP contribution in [0.25, 0.3) is 28.0 Å². The lowest BCUT2D eigenvalue weighted by Gasteiger charge is -2.10. The Morgan fingerprint density at radius 2 is 1.70 bits per heavy atom. The number of fused-ring (bicyclic) bond motifs is 1. The summed E-state index contributed by atoms with van der Waals surface area (Å²) < 4.78 is 20.7. The molecular formula is C31H22FN7O4. The van der Waals surface area contributed by atoms with Gasteiger partial charge in [0.15, 0.2) is 5.65 Å². The Hall–Kier alpha value is -6.17. The zero-order valence-electron chi connectivity index (χ0n) is 22.5. The summed E-state index contributed by atoms with van der Waals surface area (Å²) in [6.07, 6.45) is 2.86. The third kappa shape index (κ3) is 5.70. The van der Waals surface area contributed by atoms with E-state index in [1.807, 2.05) is 6.07 Å². The average molecular weight is 576 g/mol. The van der Waals surface area contributed by atoms with Gasteiger partial charge in [0.25, 0.3) is 11.5 Å². The number of nitrogens with zero attached hydrogens (tertiary/aromatic N) is 4. The number of rotatable bonds is 7. The molecule has 0 saturated heterocycles. The summed E-state index contributed by atoms with van der Waals surface area (Å²) in [5.41, 5.74) is 2.57. The van der Waals surface area contributed by atoms with Crippen LogP contribution in [0.3, 0.4) is 0 Å². The van der Waals surface area contributed by atoms with Crippen molar-refractivity contribution in [2.75, 3.05) is 10.6 Å². The lowest BCUT2D eigenvalue weighted by atomic mass is 10.1. The molecule has 0 spiro atoms. The van der Waals surface area contributed by atoms with E-state index in [1.54, 1.807) is 48.5 Å². The Balaban J connectivity index is 1.22. The van der Waals surface area contributed by atoms with Gasteiger partial charge in [-0.15, -0.1) is 0 Å². The van der Waals surface area contributed by atoms with Gasteiger partial charge in [-0.2, -0.15) is 5.10 Å². The molecule has 12 heteroatoms. The van der Waals surface area contributed by atoms with Crippen LogP contribution in [0.4, 0.5) is 15.8 Å². The number of anilines is 2. The first-order valence-corrected chi connectivity index (χ1v) is 13.0. The second kappa shape index (κ2) is 11.4. The number of aromatic nitrogens is 5. The second-order valence-corrected chi connectivity index (χ2v) is 9.39. The van der Waals surface area contributed by atoms with Crippen molar-refractivity contribution in [1.29, 1.82) is 0 Å². The summed E-state index contributed by atoms with van der Waals surface area (Å²) in [5.74, 6) is -0.545. The molecule has 11 nitrogen and oxygen atoms in total. The number of hydrogen-bond acceptors (Lipinski definition) is 7. The van der Waals surface area contributed by atoms with Gasteiger partial charge in [-0.05, 0) is 72.8 Å². The minimum Gasteiger partial charge on any atom is -0.438 e. The van der Waals surface area contributed by atoms with Crippen LogP contribution >= 0.6 is 0 Å². The van der Waals surface area contributed by atoms with Gasteiger partial charge >= 0.3 is 0 Å². The normalized spacial score (nSPS) is 10.8. The monoisotopic (exact) mass is 575 g/mol. The maximum absolute atomic E-state index is 13.3. The zero-order chi connectivity index (χ0) is 29.9. The van der Waals surface area contributed by atoms with Crippen molar-refractivity contribution in [3.05, 3.63) is 119 Å². The molecule has 43 heavy (non-hydrogen) atoms. The van der Waals surface area contributed by atoms with Crippen molar-refractivity contribution in [3.8, 4) is 28.6 Å². The molecular weight excluding hydrogens is 553 g/mol. The number of pyridine rings is 1. The highest BCUT2D eigenvalue weighted by atomic mass is 19.1. The number of aromatic amines is 1. The van der Waals surface area contributed by atoms with Gasteiger partial charge in [-0.3, -0.25) is 24.0 Å². The van der Waals surface area contributed by atoms with Crippen molar-refractivity contribution in [2.45, 2.75) is 6.92 Å². The van der Waals surface area contributed by atoms with Crippen molar-refractivity contribution >= 4 is 34.2 Å². The minimum absolute atomic E-state index is 0.0782. The van der Waals surface area contributed by atoms with E-state index >= 15 is 0 Å². The molecule has 3 heterocycles. The molecule has 0 fully saturated rings. The predicted molar refractivity (Wildman–Crippen MR) is 158 cm³/mol. The highest BCUT2D eigenvalue weighted by molar-refractivity contribution is 6.04. The Morgan fingerprint density at radius 3 is 2.47 bits per heavy atom. The van der Waals surface area contributed by atoms with E-state index in [0.717, 1.165) is 5.56 Å². The summed E-state index contributed by atoms with van der Waals surface area (Å²) in [5, 5.41) is 13.3. The average Bonchev–Trinajstić information content (AvgIpc) is 3.44. The number of amides is 2. The summed E-state index contributed by atoms with van der Waals surface area (Å²) in [6, 6.07) is 22.1. The summed E-state index contributed by atoms with van der Waals surface area (Å²) in [7, 11) is 0. The smallest absolute Gasteiger partial charge is 0.267 e. The Morgan fingerprint density at radius 1 is 0.907 bits per heavy atom. The van der Waals surface area contributed by atoms with Crippen molar-refractivity contribution in [2.24, 2.45) is 0 Å². The number of carbonyl (C=O) groups excluding carboxylic acids is 2. The quantitative estimate of drug-likeness (QED) is 0.234. The van der Waals surface area contributed by atoms with Gasteiger partial charge in [0, 0.05) is 35.7 Å². The Kier molecular flexibility index (Phi) is 7.15. The first-order valence-electron chi connectivity index (χ1n) is 13.0. The highest BCUT2D eigenvalue weighted by Gasteiger charge is 2.18. The van der Waals surface area contributed by atoms with Gasteiger partial charge < -0.3 is 15.4 Å². The molecule has 6 aromatic rings. The molecule has 2 amide bonds. The molecule has 212 valence electrons. The zero-order valence-corrected chi connectivity index (χ0v) is 22.5. The fourth-order valence-electron chi connectivity index (χ4n) is 4.45. The SMILES string of the molecule is CC(=O)Nc1cccc(-c2n[nH]c3ncnc(Oc4ccc(NC(=O)c5cccn(-c6ccc(F)cc6)c5=O)cc4)c23)c1. The molecule has 0 aliphatic rings. The first kappa shape index (κ1) is 27.0. The van der Waals surface area contributed by atoms with Crippen molar-refractivity contribution < 1.29 is 18.7 Å². The van der Waals surface area contributed by atoms with Crippen LogP contribution in [-0.2, 0) is 4.79 Å². The molecule has 0 aliphatic heterocycles. The van der Waals surface area contributed by atoms with E-state index in [9.17, 15) is 18.8 Å². The minimum atomic E-state index is -0.600. The highest BCUT2D eigenvalue weighted by Crippen LogP contribution is 2.34. The number of carbonyl (C=O) groups is 2. The number of nitrogens with one attached hydrogen (secondary N) is 3. The fourth-order valence-corrected chi connectivity index (χ4v) is 4.45. The van der Waals surface area contributed by atoms with Crippen LogP contribution in [0.2, 0.25) is 0 Å². The van der Waals surface area contributed by atoms with Crippen LogP contribution in [-0.4, -0.2) is 36.5 Å². The van der Waals surface area contributed by atoms with Gasteiger partial charge in [0.05, 0.1) is 0 Å². The molecule has 0 unspecified atom stereocenters. The maximum Gasteiger partial charge on any atom is 0.267 e. The lowest BCUT2D eigenvalue weighted by Crippen LogP contribution is -2.27. The van der Waals surface area contributed by atoms with Crippen molar-refractivity contribution in [1.82, 2.24) is 24.7 Å². The number of ether oxygens (including phenoxy) is 1. The van der Waals surface area contributed by atoms with Crippen LogP contribution in [0.15, 0.2) is 102 Å². The molecule has 0 bridgehead atoms. The van der Waals surface area contributed by atoms with E-state index in [-0.39, 0.29) is 17.4 Å². The summed E-state index contributed by atoms with van der Waals surface area (Å²) in [4.78, 5) is 46.0. The molecule has 3 N–H and O–H groups in total. The maximum atomic E-state index is 13.3. The van der Waals surface area contributed by atoms with E-state index < -0.39 is 17.3 Å². The largest absolute Gasteiger partial charge is 0.438 e. The number of benzene rings is 3. The molecule has 0 radical (unpaired) electrons. The number of H-pyrrole nitrogens is 1. The third-order valence-electron chi connectivity index (χ3n) is 6.40. The predicted octanol–water partition coefficient (Wildman–Crippen LogP) is 5.31. The topological polar surface area (TPSA) is 144 Å².